The van der Waals surface area contributed by atoms with Crippen LogP contribution in [0.2, 0.25) is 0 Å². The van der Waals surface area contributed by atoms with E-state index in [9.17, 15) is 14.9 Å². The summed E-state index contributed by atoms with van der Waals surface area (Å²) in [6, 6.07) is 19.7. The molecule has 0 aliphatic rings. The third-order valence-electron chi connectivity index (χ3n) is 5.37. The Morgan fingerprint density at radius 1 is 1.09 bits per heavy atom. The summed E-state index contributed by atoms with van der Waals surface area (Å²) in [7, 11) is 0. The van der Waals surface area contributed by atoms with Crippen molar-refractivity contribution in [3.8, 4) is 11.3 Å². The highest BCUT2D eigenvalue weighted by molar-refractivity contribution is 7.14. The van der Waals surface area contributed by atoms with Gasteiger partial charge in [-0.25, -0.2) is 4.98 Å². The topological polar surface area (TPSA) is 94.2 Å². The third kappa shape index (κ3) is 4.98. The van der Waals surface area contributed by atoms with E-state index in [-0.39, 0.29) is 18.1 Å². The number of hydrogen-bond acceptors (Lipinski definition) is 6. The van der Waals surface area contributed by atoms with E-state index in [2.05, 4.69) is 5.10 Å². The van der Waals surface area contributed by atoms with Crippen LogP contribution >= 0.6 is 11.3 Å². The fourth-order valence-corrected chi connectivity index (χ4v) is 4.54. The Morgan fingerprint density at radius 3 is 2.39 bits per heavy atom. The minimum atomic E-state index is -0.460. The van der Waals surface area contributed by atoms with Crippen LogP contribution in [0.1, 0.15) is 17.0 Å². The van der Waals surface area contributed by atoms with Gasteiger partial charge in [0.2, 0.25) is 0 Å². The van der Waals surface area contributed by atoms with Gasteiger partial charge in [-0.2, -0.15) is 5.10 Å². The summed E-state index contributed by atoms with van der Waals surface area (Å²) in [5.41, 5.74) is 3.48. The zero-order valence-corrected chi connectivity index (χ0v) is 19.2. The molecule has 0 spiro atoms. The van der Waals surface area contributed by atoms with Gasteiger partial charge in [0.25, 0.3) is 5.91 Å². The van der Waals surface area contributed by atoms with Crippen LogP contribution in [0.5, 0.6) is 0 Å². The van der Waals surface area contributed by atoms with Crippen molar-refractivity contribution in [2.24, 2.45) is 0 Å². The van der Waals surface area contributed by atoms with Crippen molar-refractivity contribution < 1.29 is 9.72 Å². The van der Waals surface area contributed by atoms with Crippen molar-refractivity contribution in [3.05, 3.63) is 93.1 Å². The number of benzene rings is 2. The number of carbonyl (C=O) groups is 1. The molecule has 4 aromatic rings. The highest BCUT2D eigenvalue weighted by Gasteiger charge is 2.26. The summed E-state index contributed by atoms with van der Waals surface area (Å²) < 4.78 is 1.40. The average Bonchev–Trinajstić information content (AvgIpc) is 3.40. The molecule has 1 amide bonds. The first kappa shape index (κ1) is 22.3. The van der Waals surface area contributed by atoms with Gasteiger partial charge in [-0.05, 0) is 25.8 Å². The second-order valence-electron chi connectivity index (χ2n) is 7.60. The van der Waals surface area contributed by atoms with Crippen molar-refractivity contribution in [2.75, 3.05) is 11.4 Å². The first-order valence-corrected chi connectivity index (χ1v) is 11.4. The smallest absolute Gasteiger partial charge is 0.286 e. The molecule has 0 atom stereocenters. The van der Waals surface area contributed by atoms with Crippen molar-refractivity contribution in [1.29, 1.82) is 0 Å². The molecule has 8 nitrogen and oxygen atoms in total. The second kappa shape index (κ2) is 9.74. The molecule has 33 heavy (non-hydrogen) atoms. The molecular formula is C24H23N5O3S. The fraction of sp³-hybridized carbons (Fsp3) is 0.208. The average molecular weight is 462 g/mol. The number of nitro groups is 1. The zero-order valence-electron chi connectivity index (χ0n) is 18.3. The molecule has 0 N–H and O–H groups in total. The Kier molecular flexibility index (Phi) is 6.60. The Morgan fingerprint density at radius 2 is 1.76 bits per heavy atom. The van der Waals surface area contributed by atoms with Crippen LogP contribution in [0.3, 0.4) is 0 Å². The lowest BCUT2D eigenvalue weighted by Crippen LogP contribution is -2.36. The molecule has 0 radical (unpaired) electrons. The molecule has 0 aliphatic carbocycles. The molecule has 0 fully saturated rings. The van der Waals surface area contributed by atoms with Crippen LogP contribution in [0, 0.1) is 24.0 Å². The predicted molar refractivity (Wildman–Crippen MR) is 128 cm³/mol. The van der Waals surface area contributed by atoms with Gasteiger partial charge in [0.1, 0.15) is 17.9 Å². The number of hydrogen-bond donors (Lipinski definition) is 0. The van der Waals surface area contributed by atoms with Gasteiger partial charge < -0.3 is 0 Å². The van der Waals surface area contributed by atoms with Crippen molar-refractivity contribution >= 4 is 28.1 Å². The molecule has 0 saturated heterocycles. The summed E-state index contributed by atoms with van der Waals surface area (Å²) in [6.07, 6.45) is 0.657. The third-order valence-corrected chi connectivity index (χ3v) is 6.23. The van der Waals surface area contributed by atoms with Gasteiger partial charge >= 0.3 is 5.69 Å². The lowest BCUT2D eigenvalue weighted by Gasteiger charge is -2.20. The molecule has 0 saturated carbocycles. The Balaban J connectivity index is 1.61. The normalized spacial score (nSPS) is 10.8. The number of carbonyl (C=O) groups excluding carboxylic acids is 1. The highest BCUT2D eigenvalue weighted by Crippen LogP contribution is 2.28. The monoisotopic (exact) mass is 461 g/mol. The van der Waals surface area contributed by atoms with Gasteiger partial charge in [-0.15, -0.1) is 11.3 Å². The summed E-state index contributed by atoms with van der Waals surface area (Å²) in [5.74, 6) is -0.222. The minimum Gasteiger partial charge on any atom is -0.286 e. The SMILES string of the molecule is Cc1nn(CC(=O)N(CCc2ccccc2)c2nc(-c3ccccc3)cs2)c(C)c1[N+](=O)[O-]. The van der Waals surface area contributed by atoms with E-state index >= 15 is 0 Å². The van der Waals surface area contributed by atoms with Crippen LogP contribution in [0.25, 0.3) is 11.3 Å². The number of nitrogens with zero attached hydrogens (tertiary/aromatic N) is 5. The van der Waals surface area contributed by atoms with Crippen LogP contribution in [0.4, 0.5) is 10.8 Å². The molecule has 2 heterocycles. The van der Waals surface area contributed by atoms with Crippen LogP contribution in [-0.4, -0.2) is 32.1 Å². The summed E-state index contributed by atoms with van der Waals surface area (Å²) in [4.78, 5) is 30.6. The Bertz CT molecular complexity index is 1270. The molecular weight excluding hydrogens is 438 g/mol. The molecule has 168 valence electrons. The number of aryl methyl sites for hydroxylation is 1. The van der Waals surface area contributed by atoms with E-state index in [4.69, 9.17) is 4.98 Å². The summed E-state index contributed by atoms with van der Waals surface area (Å²) in [5, 5.41) is 18.1. The number of amides is 1. The summed E-state index contributed by atoms with van der Waals surface area (Å²) >= 11 is 1.40. The fourth-order valence-electron chi connectivity index (χ4n) is 3.66. The predicted octanol–water partition coefficient (Wildman–Crippen LogP) is 4.81. The molecule has 2 aromatic heterocycles. The number of thiazole rings is 1. The number of rotatable bonds is 8. The number of aromatic nitrogens is 3. The van der Waals surface area contributed by atoms with Crippen molar-refractivity contribution in [2.45, 2.75) is 26.8 Å². The standard InChI is InChI=1S/C24H23N5O3S/c1-17-23(29(31)32)18(2)28(26-17)15-22(30)27(14-13-19-9-5-3-6-10-19)24-25-21(16-33-24)20-11-7-4-8-12-20/h3-12,16H,13-15H2,1-2H3. The Hall–Kier alpha value is -3.85. The van der Waals surface area contributed by atoms with Crippen LogP contribution in [-0.2, 0) is 17.8 Å². The maximum atomic E-state index is 13.4. The van der Waals surface area contributed by atoms with Crippen LogP contribution in [0.15, 0.2) is 66.0 Å². The lowest BCUT2D eigenvalue weighted by atomic mass is 10.1. The van der Waals surface area contributed by atoms with E-state index < -0.39 is 4.92 Å². The Labute approximate surface area is 195 Å². The van der Waals surface area contributed by atoms with Crippen molar-refractivity contribution in [1.82, 2.24) is 14.8 Å². The van der Waals surface area contributed by atoms with E-state index in [1.165, 1.54) is 16.0 Å². The van der Waals surface area contributed by atoms with Crippen LogP contribution < -0.4 is 4.90 Å². The van der Waals surface area contributed by atoms with Crippen molar-refractivity contribution in [3.63, 3.8) is 0 Å². The first-order valence-electron chi connectivity index (χ1n) is 10.5. The van der Waals surface area contributed by atoms with E-state index in [0.717, 1.165) is 16.8 Å². The van der Waals surface area contributed by atoms with Gasteiger partial charge in [0.05, 0.1) is 10.6 Å². The lowest BCUT2D eigenvalue weighted by molar-refractivity contribution is -0.386. The minimum absolute atomic E-state index is 0.0563. The van der Waals surface area contributed by atoms with E-state index in [1.54, 1.807) is 18.7 Å². The zero-order chi connectivity index (χ0) is 23.4. The molecule has 9 heteroatoms. The maximum absolute atomic E-state index is 13.4. The maximum Gasteiger partial charge on any atom is 0.312 e. The highest BCUT2D eigenvalue weighted by atomic mass is 32.1. The molecule has 2 aromatic carbocycles. The van der Waals surface area contributed by atoms with Gasteiger partial charge in [0.15, 0.2) is 5.13 Å². The largest absolute Gasteiger partial charge is 0.312 e. The number of anilines is 1. The molecule has 4 rings (SSSR count). The first-order chi connectivity index (χ1) is 15.9. The molecule has 0 aliphatic heterocycles. The van der Waals surface area contributed by atoms with Gasteiger partial charge in [-0.3, -0.25) is 24.5 Å². The van der Waals surface area contributed by atoms with Gasteiger partial charge in [0, 0.05) is 17.5 Å². The second-order valence-corrected chi connectivity index (χ2v) is 8.43. The quantitative estimate of drug-likeness (QED) is 0.277. The van der Waals surface area contributed by atoms with E-state index in [1.807, 2.05) is 66.0 Å². The van der Waals surface area contributed by atoms with E-state index in [0.29, 0.717) is 29.5 Å². The molecule has 0 bridgehead atoms. The molecule has 0 unspecified atom stereocenters. The van der Waals surface area contributed by atoms with Gasteiger partial charge in [-0.1, -0.05) is 60.7 Å². The summed E-state index contributed by atoms with van der Waals surface area (Å²) in [6.45, 7) is 3.52.